The summed E-state index contributed by atoms with van der Waals surface area (Å²) < 4.78 is 6.94. The Morgan fingerprint density at radius 1 is 1.17 bits per heavy atom. The summed E-state index contributed by atoms with van der Waals surface area (Å²) in [5, 5.41) is 0. The maximum atomic E-state index is 5.94. The van der Waals surface area contributed by atoms with Gasteiger partial charge in [-0.15, -0.1) is 0 Å². The lowest BCUT2D eigenvalue weighted by Gasteiger charge is -2.11. The highest BCUT2D eigenvalue weighted by Gasteiger charge is 2.05. The molecule has 0 saturated carbocycles. The highest BCUT2D eigenvalue weighted by Crippen LogP contribution is 2.29. The molecule has 0 bridgehead atoms. The Balaban J connectivity index is 2.29. The molecule has 2 rings (SSSR count). The van der Waals surface area contributed by atoms with Gasteiger partial charge in [-0.3, -0.25) is 0 Å². The first kappa shape index (κ1) is 13.1. The van der Waals surface area contributed by atoms with Crippen molar-refractivity contribution in [3.63, 3.8) is 0 Å². The van der Waals surface area contributed by atoms with Crippen molar-refractivity contribution in [1.82, 2.24) is 0 Å². The van der Waals surface area contributed by atoms with Gasteiger partial charge < -0.3 is 10.5 Å². The van der Waals surface area contributed by atoms with Gasteiger partial charge in [-0.05, 0) is 55.3 Å². The Morgan fingerprint density at radius 2 is 2.00 bits per heavy atom. The zero-order valence-electron chi connectivity index (χ0n) is 10.3. The number of rotatable bonds is 4. The molecule has 0 aliphatic carbocycles. The van der Waals surface area contributed by atoms with Gasteiger partial charge in [0.2, 0.25) is 0 Å². The van der Waals surface area contributed by atoms with Crippen LogP contribution in [-0.4, -0.2) is 6.54 Å². The van der Waals surface area contributed by atoms with Crippen LogP contribution in [-0.2, 0) is 6.42 Å². The largest absolute Gasteiger partial charge is 0.457 e. The SMILES string of the molecule is Cc1cccc(Oc2cc(Br)ccc2CCN)c1. The summed E-state index contributed by atoms with van der Waals surface area (Å²) in [5.41, 5.74) is 7.93. The van der Waals surface area contributed by atoms with E-state index in [4.69, 9.17) is 10.5 Å². The van der Waals surface area contributed by atoms with Crippen LogP contribution < -0.4 is 10.5 Å². The van der Waals surface area contributed by atoms with Gasteiger partial charge in [-0.2, -0.15) is 0 Å². The lowest BCUT2D eigenvalue weighted by Crippen LogP contribution is -2.04. The normalized spacial score (nSPS) is 10.4. The molecule has 2 aromatic rings. The lowest BCUT2D eigenvalue weighted by atomic mass is 10.1. The van der Waals surface area contributed by atoms with Gasteiger partial charge >= 0.3 is 0 Å². The fraction of sp³-hybridized carbons (Fsp3) is 0.200. The minimum atomic E-state index is 0.617. The molecular formula is C15H16BrNO. The van der Waals surface area contributed by atoms with Gasteiger partial charge in [0.05, 0.1) is 0 Å². The summed E-state index contributed by atoms with van der Waals surface area (Å²) >= 11 is 3.46. The van der Waals surface area contributed by atoms with E-state index in [0.717, 1.165) is 28.0 Å². The van der Waals surface area contributed by atoms with Gasteiger partial charge in [0.25, 0.3) is 0 Å². The van der Waals surface area contributed by atoms with E-state index >= 15 is 0 Å². The summed E-state index contributed by atoms with van der Waals surface area (Å²) in [6.07, 6.45) is 0.814. The first-order chi connectivity index (χ1) is 8.69. The molecule has 0 spiro atoms. The smallest absolute Gasteiger partial charge is 0.131 e. The van der Waals surface area contributed by atoms with Crippen LogP contribution in [0, 0.1) is 6.92 Å². The fourth-order valence-electron chi connectivity index (χ4n) is 1.79. The molecule has 0 unspecified atom stereocenters. The molecule has 0 amide bonds. The molecule has 0 aromatic heterocycles. The number of hydrogen-bond donors (Lipinski definition) is 1. The number of ether oxygens (including phenoxy) is 1. The molecule has 0 fully saturated rings. The van der Waals surface area contributed by atoms with Crippen LogP contribution in [0.4, 0.5) is 0 Å². The van der Waals surface area contributed by atoms with Crippen LogP contribution in [0.1, 0.15) is 11.1 Å². The van der Waals surface area contributed by atoms with E-state index in [1.54, 1.807) is 0 Å². The average Bonchev–Trinajstić information content (AvgIpc) is 2.33. The highest BCUT2D eigenvalue weighted by atomic mass is 79.9. The predicted octanol–water partition coefficient (Wildman–Crippen LogP) is 4.05. The summed E-state index contributed by atoms with van der Waals surface area (Å²) in [6, 6.07) is 14.1. The van der Waals surface area contributed by atoms with Crippen LogP contribution >= 0.6 is 15.9 Å². The van der Waals surface area contributed by atoms with E-state index < -0.39 is 0 Å². The minimum Gasteiger partial charge on any atom is -0.457 e. The highest BCUT2D eigenvalue weighted by molar-refractivity contribution is 9.10. The van der Waals surface area contributed by atoms with E-state index in [2.05, 4.69) is 28.9 Å². The summed E-state index contributed by atoms with van der Waals surface area (Å²) in [5.74, 6) is 1.71. The topological polar surface area (TPSA) is 35.2 Å². The van der Waals surface area contributed by atoms with Gasteiger partial charge in [0, 0.05) is 4.47 Å². The van der Waals surface area contributed by atoms with E-state index in [0.29, 0.717) is 6.54 Å². The van der Waals surface area contributed by atoms with E-state index in [9.17, 15) is 0 Å². The molecule has 94 valence electrons. The number of hydrogen-bond acceptors (Lipinski definition) is 2. The first-order valence-electron chi connectivity index (χ1n) is 5.92. The van der Waals surface area contributed by atoms with Crippen molar-refractivity contribution in [2.24, 2.45) is 5.73 Å². The Labute approximate surface area is 116 Å². The predicted molar refractivity (Wildman–Crippen MR) is 78.2 cm³/mol. The molecule has 0 atom stereocenters. The molecule has 3 heteroatoms. The Bertz CT molecular complexity index is 540. The van der Waals surface area contributed by atoms with Crippen molar-refractivity contribution in [2.75, 3.05) is 6.54 Å². The van der Waals surface area contributed by atoms with Crippen LogP contribution in [0.15, 0.2) is 46.9 Å². The second kappa shape index (κ2) is 6.03. The number of halogens is 1. The third-order valence-electron chi connectivity index (χ3n) is 2.66. The molecule has 0 heterocycles. The Hall–Kier alpha value is -1.32. The standard InChI is InChI=1S/C15H16BrNO/c1-11-3-2-4-14(9-11)18-15-10-13(16)6-5-12(15)7-8-17/h2-6,9-10H,7-8,17H2,1H3. The third kappa shape index (κ3) is 3.34. The number of benzene rings is 2. The Morgan fingerprint density at radius 3 is 2.72 bits per heavy atom. The molecule has 18 heavy (non-hydrogen) atoms. The monoisotopic (exact) mass is 305 g/mol. The summed E-state index contributed by atoms with van der Waals surface area (Å²) in [6.45, 7) is 2.67. The molecule has 0 aliphatic heterocycles. The van der Waals surface area contributed by atoms with Gasteiger partial charge in [0.1, 0.15) is 11.5 Å². The van der Waals surface area contributed by atoms with Crippen molar-refractivity contribution in [2.45, 2.75) is 13.3 Å². The van der Waals surface area contributed by atoms with Crippen LogP contribution in [0.25, 0.3) is 0 Å². The van der Waals surface area contributed by atoms with Crippen LogP contribution in [0.5, 0.6) is 11.5 Å². The maximum Gasteiger partial charge on any atom is 0.131 e. The number of aryl methyl sites for hydroxylation is 1. The van der Waals surface area contributed by atoms with Gasteiger partial charge in [-0.1, -0.05) is 34.1 Å². The van der Waals surface area contributed by atoms with Crippen molar-refractivity contribution in [3.05, 3.63) is 58.1 Å². The molecule has 2 N–H and O–H groups in total. The summed E-state index contributed by atoms with van der Waals surface area (Å²) in [4.78, 5) is 0. The second-order valence-electron chi connectivity index (χ2n) is 4.21. The summed E-state index contributed by atoms with van der Waals surface area (Å²) in [7, 11) is 0. The molecular weight excluding hydrogens is 290 g/mol. The van der Waals surface area contributed by atoms with Crippen molar-refractivity contribution in [1.29, 1.82) is 0 Å². The second-order valence-corrected chi connectivity index (χ2v) is 5.12. The Kier molecular flexibility index (Phi) is 4.39. The minimum absolute atomic E-state index is 0.617. The van der Waals surface area contributed by atoms with E-state index in [1.807, 2.05) is 36.4 Å². The van der Waals surface area contributed by atoms with Gasteiger partial charge in [-0.25, -0.2) is 0 Å². The van der Waals surface area contributed by atoms with E-state index in [-0.39, 0.29) is 0 Å². The third-order valence-corrected chi connectivity index (χ3v) is 3.15. The molecule has 0 saturated heterocycles. The zero-order chi connectivity index (χ0) is 13.0. The molecule has 0 radical (unpaired) electrons. The molecule has 0 aliphatic rings. The van der Waals surface area contributed by atoms with Gasteiger partial charge in [0.15, 0.2) is 0 Å². The number of nitrogens with two attached hydrogens (primary N) is 1. The van der Waals surface area contributed by atoms with Crippen molar-refractivity contribution in [3.8, 4) is 11.5 Å². The zero-order valence-corrected chi connectivity index (χ0v) is 11.9. The molecule has 2 aromatic carbocycles. The fourth-order valence-corrected chi connectivity index (χ4v) is 2.13. The average molecular weight is 306 g/mol. The maximum absolute atomic E-state index is 5.94. The quantitative estimate of drug-likeness (QED) is 0.925. The van der Waals surface area contributed by atoms with E-state index in [1.165, 1.54) is 5.56 Å². The first-order valence-corrected chi connectivity index (χ1v) is 6.71. The van der Waals surface area contributed by atoms with Crippen LogP contribution in [0.2, 0.25) is 0 Å². The molecule has 2 nitrogen and oxygen atoms in total. The van der Waals surface area contributed by atoms with Crippen LogP contribution in [0.3, 0.4) is 0 Å². The van der Waals surface area contributed by atoms with Crippen molar-refractivity contribution < 1.29 is 4.74 Å². The van der Waals surface area contributed by atoms with Crippen molar-refractivity contribution >= 4 is 15.9 Å². The lowest BCUT2D eigenvalue weighted by molar-refractivity contribution is 0.475.